The van der Waals surface area contributed by atoms with E-state index in [4.69, 9.17) is 0 Å². The topological polar surface area (TPSA) is 52.7 Å². The largest absolute Gasteiger partial charge is 0.336 e. The van der Waals surface area contributed by atoms with E-state index in [1.807, 2.05) is 30.0 Å². The second-order valence-corrected chi connectivity index (χ2v) is 7.82. The molecule has 0 aromatic heterocycles. The summed E-state index contributed by atoms with van der Waals surface area (Å²) in [5.74, 6) is 0.103. The molecule has 0 bridgehead atoms. The van der Waals surface area contributed by atoms with Crippen LogP contribution < -0.4 is 5.32 Å². The molecule has 28 heavy (non-hydrogen) atoms. The first kappa shape index (κ1) is 20.1. The zero-order valence-electron chi connectivity index (χ0n) is 17.2. The summed E-state index contributed by atoms with van der Waals surface area (Å²) in [6.07, 6.45) is 0. The predicted octanol–water partition coefficient (Wildman–Crippen LogP) is 3.76. The van der Waals surface area contributed by atoms with Crippen molar-refractivity contribution in [2.24, 2.45) is 0 Å². The highest BCUT2D eigenvalue weighted by Crippen LogP contribution is 2.28. The summed E-state index contributed by atoms with van der Waals surface area (Å²) in [7, 11) is 2.06. The number of para-hydroxylation sites is 1. The van der Waals surface area contributed by atoms with Gasteiger partial charge in [-0.3, -0.25) is 9.59 Å². The van der Waals surface area contributed by atoms with Gasteiger partial charge in [-0.2, -0.15) is 0 Å². The number of anilines is 1. The molecule has 0 radical (unpaired) electrons. The molecule has 5 nitrogen and oxygen atoms in total. The van der Waals surface area contributed by atoms with Gasteiger partial charge in [0, 0.05) is 43.0 Å². The zero-order valence-corrected chi connectivity index (χ0v) is 17.2. The van der Waals surface area contributed by atoms with E-state index in [2.05, 4.69) is 31.1 Å². The van der Waals surface area contributed by atoms with Crippen molar-refractivity contribution < 1.29 is 9.59 Å². The first-order valence-electron chi connectivity index (χ1n) is 9.85. The van der Waals surface area contributed by atoms with Crippen molar-refractivity contribution in [2.45, 2.75) is 26.7 Å². The zero-order chi connectivity index (χ0) is 20.3. The van der Waals surface area contributed by atoms with E-state index >= 15 is 0 Å². The minimum Gasteiger partial charge on any atom is -0.336 e. The van der Waals surface area contributed by atoms with Crippen LogP contribution in [0.1, 0.15) is 51.6 Å². The van der Waals surface area contributed by atoms with E-state index in [0.717, 1.165) is 29.9 Å². The van der Waals surface area contributed by atoms with E-state index in [0.29, 0.717) is 30.1 Å². The van der Waals surface area contributed by atoms with Gasteiger partial charge in [0.05, 0.1) is 0 Å². The highest BCUT2D eigenvalue weighted by molar-refractivity contribution is 6.06. The number of benzene rings is 2. The number of aryl methyl sites for hydroxylation is 1. The summed E-state index contributed by atoms with van der Waals surface area (Å²) >= 11 is 0. The Kier molecular flexibility index (Phi) is 6.15. The average Bonchev–Trinajstić information content (AvgIpc) is 2.69. The Hall–Kier alpha value is -2.66. The van der Waals surface area contributed by atoms with Gasteiger partial charge in [0.1, 0.15) is 0 Å². The van der Waals surface area contributed by atoms with Gasteiger partial charge in [0.25, 0.3) is 11.8 Å². The van der Waals surface area contributed by atoms with Crippen molar-refractivity contribution in [1.29, 1.82) is 0 Å². The minimum atomic E-state index is -0.191. The number of nitrogens with one attached hydrogen (secondary N) is 1. The second kappa shape index (κ2) is 8.57. The summed E-state index contributed by atoms with van der Waals surface area (Å²) in [6, 6.07) is 13.1. The fourth-order valence-corrected chi connectivity index (χ4v) is 3.51. The summed E-state index contributed by atoms with van der Waals surface area (Å²) in [4.78, 5) is 29.8. The Labute approximate surface area is 167 Å². The minimum absolute atomic E-state index is 0.0125. The smallest absolute Gasteiger partial charge is 0.255 e. The number of amides is 2. The molecule has 0 atom stereocenters. The van der Waals surface area contributed by atoms with Gasteiger partial charge in [0.2, 0.25) is 0 Å². The van der Waals surface area contributed by atoms with E-state index in [1.54, 1.807) is 24.3 Å². The van der Waals surface area contributed by atoms with Crippen molar-refractivity contribution in [2.75, 3.05) is 38.5 Å². The van der Waals surface area contributed by atoms with Crippen LogP contribution in [0.25, 0.3) is 0 Å². The van der Waals surface area contributed by atoms with Gasteiger partial charge in [-0.25, -0.2) is 0 Å². The first-order valence-corrected chi connectivity index (χ1v) is 9.85. The van der Waals surface area contributed by atoms with E-state index in [-0.39, 0.29) is 11.8 Å². The number of hydrogen-bond acceptors (Lipinski definition) is 3. The van der Waals surface area contributed by atoms with Crippen molar-refractivity contribution in [3.8, 4) is 0 Å². The number of rotatable bonds is 4. The Morgan fingerprint density at radius 1 is 0.964 bits per heavy atom. The van der Waals surface area contributed by atoms with Crippen LogP contribution in [0.5, 0.6) is 0 Å². The molecule has 0 spiro atoms. The number of carbonyl (C=O) groups excluding carboxylic acids is 2. The molecular weight excluding hydrogens is 350 g/mol. The van der Waals surface area contributed by atoms with E-state index in [1.165, 1.54) is 0 Å². The lowest BCUT2D eigenvalue weighted by Crippen LogP contribution is -2.47. The molecule has 0 saturated carbocycles. The van der Waals surface area contributed by atoms with Gasteiger partial charge in [-0.15, -0.1) is 0 Å². The third kappa shape index (κ3) is 4.42. The quantitative estimate of drug-likeness (QED) is 0.880. The molecular formula is C23H29N3O2. The molecule has 1 saturated heterocycles. The SMILES string of the molecule is Cc1cccc(C(C)C)c1NC(=O)c1cccc(C(=O)N2CCN(C)CC2)c1. The van der Waals surface area contributed by atoms with Crippen LogP contribution in [-0.4, -0.2) is 54.8 Å². The lowest BCUT2D eigenvalue weighted by Gasteiger charge is -2.32. The molecule has 148 valence electrons. The maximum Gasteiger partial charge on any atom is 0.255 e. The van der Waals surface area contributed by atoms with Crippen molar-refractivity contribution in [3.05, 3.63) is 64.7 Å². The van der Waals surface area contributed by atoms with Gasteiger partial charge in [-0.05, 0) is 49.2 Å². The molecule has 3 rings (SSSR count). The molecule has 1 fully saturated rings. The van der Waals surface area contributed by atoms with Crippen LogP contribution in [0.3, 0.4) is 0 Å². The predicted molar refractivity (Wildman–Crippen MR) is 113 cm³/mol. The van der Waals surface area contributed by atoms with Crippen LogP contribution in [0, 0.1) is 6.92 Å². The Bertz CT molecular complexity index is 868. The maximum atomic E-state index is 12.9. The number of nitrogens with zero attached hydrogens (tertiary/aromatic N) is 2. The number of piperazine rings is 1. The van der Waals surface area contributed by atoms with Crippen LogP contribution in [0.15, 0.2) is 42.5 Å². The number of likely N-dealkylation sites (N-methyl/N-ethyl adjacent to an activating group) is 1. The lowest BCUT2D eigenvalue weighted by atomic mass is 9.98. The van der Waals surface area contributed by atoms with Crippen LogP contribution in [0.4, 0.5) is 5.69 Å². The monoisotopic (exact) mass is 379 g/mol. The van der Waals surface area contributed by atoms with Crippen LogP contribution in [-0.2, 0) is 0 Å². The molecule has 0 aliphatic carbocycles. The average molecular weight is 380 g/mol. The third-order valence-electron chi connectivity index (χ3n) is 5.33. The number of carbonyl (C=O) groups is 2. The Balaban J connectivity index is 1.79. The normalized spacial score (nSPS) is 15.0. The molecule has 1 N–H and O–H groups in total. The van der Waals surface area contributed by atoms with Crippen molar-refractivity contribution in [1.82, 2.24) is 9.80 Å². The highest BCUT2D eigenvalue weighted by atomic mass is 16.2. The van der Waals surface area contributed by atoms with E-state index in [9.17, 15) is 9.59 Å². The van der Waals surface area contributed by atoms with Gasteiger partial charge in [-0.1, -0.05) is 38.1 Å². The molecule has 0 unspecified atom stereocenters. The Morgan fingerprint density at radius 2 is 1.61 bits per heavy atom. The van der Waals surface area contributed by atoms with Gasteiger partial charge in [0.15, 0.2) is 0 Å². The molecule has 2 aromatic rings. The molecule has 5 heteroatoms. The molecule has 1 aliphatic heterocycles. The molecule has 1 heterocycles. The van der Waals surface area contributed by atoms with Crippen molar-refractivity contribution >= 4 is 17.5 Å². The van der Waals surface area contributed by atoms with E-state index < -0.39 is 0 Å². The fraction of sp³-hybridized carbons (Fsp3) is 0.391. The fourth-order valence-electron chi connectivity index (χ4n) is 3.51. The standard InChI is InChI=1S/C23H29N3O2/c1-16(2)20-10-5-7-17(3)21(20)24-22(27)18-8-6-9-19(15-18)23(28)26-13-11-25(4)12-14-26/h5-10,15-16H,11-14H2,1-4H3,(H,24,27). The summed E-state index contributed by atoms with van der Waals surface area (Å²) in [6.45, 7) is 9.39. The van der Waals surface area contributed by atoms with Gasteiger partial charge >= 0.3 is 0 Å². The summed E-state index contributed by atoms with van der Waals surface area (Å²) < 4.78 is 0. The Morgan fingerprint density at radius 3 is 2.29 bits per heavy atom. The summed E-state index contributed by atoms with van der Waals surface area (Å²) in [5.41, 5.74) is 4.06. The van der Waals surface area contributed by atoms with Crippen LogP contribution >= 0.6 is 0 Å². The second-order valence-electron chi connectivity index (χ2n) is 7.82. The first-order chi connectivity index (χ1) is 13.4. The molecule has 1 aliphatic rings. The molecule has 2 aromatic carbocycles. The number of hydrogen-bond donors (Lipinski definition) is 1. The van der Waals surface area contributed by atoms with Crippen molar-refractivity contribution in [3.63, 3.8) is 0 Å². The van der Waals surface area contributed by atoms with Crippen LogP contribution in [0.2, 0.25) is 0 Å². The molecule has 2 amide bonds. The highest BCUT2D eigenvalue weighted by Gasteiger charge is 2.21. The van der Waals surface area contributed by atoms with Gasteiger partial charge < -0.3 is 15.1 Å². The lowest BCUT2D eigenvalue weighted by molar-refractivity contribution is 0.0664. The summed E-state index contributed by atoms with van der Waals surface area (Å²) in [5, 5.41) is 3.06. The third-order valence-corrected chi connectivity index (χ3v) is 5.33. The maximum absolute atomic E-state index is 12.9.